The van der Waals surface area contributed by atoms with E-state index < -0.39 is 0 Å². The minimum atomic E-state index is 0.941. The largest absolute Gasteiger partial charge is 0.0871 e. The van der Waals surface area contributed by atoms with E-state index in [1.165, 1.54) is 23.7 Å². The molecule has 0 unspecified atom stereocenters. The summed E-state index contributed by atoms with van der Waals surface area (Å²) in [5, 5.41) is 0.941. The minimum Gasteiger partial charge on any atom is -0.0871 e. The maximum Gasteiger partial charge on any atom is 0.0346 e. The SMILES string of the molecule is CCCC/C=C(\Br)CBr. The molecule has 0 spiro atoms. The molecule has 0 atom stereocenters. The summed E-state index contributed by atoms with van der Waals surface area (Å²) in [6, 6.07) is 0. The van der Waals surface area contributed by atoms with Crippen LogP contribution in [0.5, 0.6) is 0 Å². The summed E-state index contributed by atoms with van der Waals surface area (Å²) in [5.41, 5.74) is 0. The van der Waals surface area contributed by atoms with Gasteiger partial charge in [-0.1, -0.05) is 57.7 Å². The lowest BCUT2D eigenvalue weighted by Gasteiger charge is -1.90. The standard InChI is InChI=1S/C7H12Br2/c1-2-3-4-5-7(9)6-8/h5H,2-4,6H2,1H3/b7-5-. The topological polar surface area (TPSA) is 0 Å². The van der Waals surface area contributed by atoms with Crippen LogP contribution >= 0.6 is 31.9 Å². The van der Waals surface area contributed by atoms with Crippen LogP contribution in [0.15, 0.2) is 10.6 Å². The maximum atomic E-state index is 3.42. The fourth-order valence-electron chi connectivity index (χ4n) is 0.517. The van der Waals surface area contributed by atoms with E-state index in [-0.39, 0.29) is 0 Å². The molecule has 0 aromatic carbocycles. The van der Waals surface area contributed by atoms with Crippen molar-refractivity contribution in [3.63, 3.8) is 0 Å². The Labute approximate surface area is 74.0 Å². The van der Waals surface area contributed by atoms with Crippen LogP contribution in [0.2, 0.25) is 0 Å². The number of hydrogen-bond donors (Lipinski definition) is 0. The third-order valence-corrected chi connectivity index (χ3v) is 3.01. The van der Waals surface area contributed by atoms with Crippen LogP contribution in [-0.4, -0.2) is 5.33 Å². The van der Waals surface area contributed by atoms with Crippen molar-refractivity contribution in [3.05, 3.63) is 10.6 Å². The lowest BCUT2D eigenvalue weighted by molar-refractivity contribution is 0.814. The van der Waals surface area contributed by atoms with Crippen molar-refractivity contribution in [2.24, 2.45) is 0 Å². The summed E-state index contributed by atoms with van der Waals surface area (Å²) in [4.78, 5) is 0. The molecule has 0 bridgehead atoms. The number of alkyl halides is 1. The average molecular weight is 256 g/mol. The molecule has 0 aliphatic rings. The predicted octanol–water partition coefficient (Wildman–Crippen LogP) is 3.85. The quantitative estimate of drug-likeness (QED) is 0.529. The molecule has 0 aliphatic carbocycles. The van der Waals surface area contributed by atoms with Crippen molar-refractivity contribution < 1.29 is 0 Å². The fourth-order valence-corrected chi connectivity index (χ4v) is 0.975. The van der Waals surface area contributed by atoms with Crippen LogP contribution < -0.4 is 0 Å². The third kappa shape index (κ3) is 6.59. The summed E-state index contributed by atoms with van der Waals surface area (Å²) in [6.07, 6.45) is 5.99. The highest BCUT2D eigenvalue weighted by Crippen LogP contribution is 2.10. The smallest absolute Gasteiger partial charge is 0.0346 e. The summed E-state index contributed by atoms with van der Waals surface area (Å²) in [7, 11) is 0. The van der Waals surface area contributed by atoms with Gasteiger partial charge in [-0.25, -0.2) is 0 Å². The first kappa shape index (κ1) is 9.70. The Hall–Kier alpha value is 0.700. The molecule has 0 rings (SSSR count). The molecule has 0 aromatic heterocycles. The normalized spacial score (nSPS) is 12.1. The van der Waals surface area contributed by atoms with Gasteiger partial charge in [-0.2, -0.15) is 0 Å². The zero-order chi connectivity index (χ0) is 7.11. The van der Waals surface area contributed by atoms with Gasteiger partial charge in [0.05, 0.1) is 0 Å². The molecule has 0 aromatic rings. The monoisotopic (exact) mass is 254 g/mol. The van der Waals surface area contributed by atoms with E-state index in [0.29, 0.717) is 0 Å². The number of unbranched alkanes of at least 4 members (excludes halogenated alkanes) is 2. The van der Waals surface area contributed by atoms with Crippen LogP contribution in [0, 0.1) is 0 Å². The van der Waals surface area contributed by atoms with Crippen molar-refractivity contribution in [3.8, 4) is 0 Å². The molecule has 0 heterocycles. The molecule has 0 saturated carbocycles. The second-order valence-corrected chi connectivity index (χ2v) is 3.51. The van der Waals surface area contributed by atoms with Gasteiger partial charge in [0.2, 0.25) is 0 Å². The zero-order valence-electron chi connectivity index (χ0n) is 5.66. The van der Waals surface area contributed by atoms with Crippen LogP contribution in [-0.2, 0) is 0 Å². The average Bonchev–Trinajstić information content (AvgIpc) is 1.89. The molecular formula is C7H12Br2. The summed E-state index contributed by atoms with van der Waals surface area (Å²) < 4.78 is 1.26. The Bertz CT molecular complexity index is 86.9. The van der Waals surface area contributed by atoms with E-state index in [0.717, 1.165) is 5.33 Å². The van der Waals surface area contributed by atoms with Gasteiger partial charge in [0.15, 0.2) is 0 Å². The van der Waals surface area contributed by atoms with E-state index in [1.54, 1.807) is 0 Å². The number of rotatable bonds is 4. The van der Waals surface area contributed by atoms with Crippen molar-refractivity contribution in [2.75, 3.05) is 5.33 Å². The van der Waals surface area contributed by atoms with E-state index >= 15 is 0 Å². The van der Waals surface area contributed by atoms with Crippen molar-refractivity contribution in [2.45, 2.75) is 26.2 Å². The highest BCUT2D eigenvalue weighted by molar-refractivity contribution is 9.13. The predicted molar refractivity (Wildman–Crippen MR) is 50.3 cm³/mol. The second-order valence-electron chi connectivity index (χ2n) is 1.93. The summed E-state index contributed by atoms with van der Waals surface area (Å²) in [5.74, 6) is 0. The second kappa shape index (κ2) is 6.81. The molecule has 0 nitrogen and oxygen atoms in total. The van der Waals surface area contributed by atoms with Gasteiger partial charge in [-0.05, 0) is 6.42 Å². The zero-order valence-corrected chi connectivity index (χ0v) is 8.83. The van der Waals surface area contributed by atoms with E-state index in [2.05, 4.69) is 44.9 Å². The van der Waals surface area contributed by atoms with E-state index in [4.69, 9.17) is 0 Å². The Balaban J connectivity index is 3.21. The lowest BCUT2D eigenvalue weighted by atomic mass is 10.2. The summed E-state index contributed by atoms with van der Waals surface area (Å²) >= 11 is 6.77. The van der Waals surface area contributed by atoms with Gasteiger partial charge in [-0.3, -0.25) is 0 Å². The van der Waals surface area contributed by atoms with Crippen molar-refractivity contribution >= 4 is 31.9 Å². The molecule has 0 N–H and O–H groups in total. The molecule has 0 fully saturated rings. The Morgan fingerprint density at radius 2 is 2.22 bits per heavy atom. The Kier molecular flexibility index (Phi) is 7.34. The molecule has 9 heavy (non-hydrogen) atoms. The van der Waals surface area contributed by atoms with E-state index in [9.17, 15) is 0 Å². The molecular weight excluding hydrogens is 244 g/mol. The van der Waals surface area contributed by atoms with Crippen molar-refractivity contribution in [1.82, 2.24) is 0 Å². The minimum absolute atomic E-state index is 0.941. The maximum absolute atomic E-state index is 3.42. The Morgan fingerprint density at radius 1 is 1.56 bits per heavy atom. The fraction of sp³-hybridized carbons (Fsp3) is 0.714. The van der Waals surface area contributed by atoms with Gasteiger partial charge in [-0.15, -0.1) is 0 Å². The van der Waals surface area contributed by atoms with Gasteiger partial charge in [0.25, 0.3) is 0 Å². The van der Waals surface area contributed by atoms with Crippen LogP contribution in [0.3, 0.4) is 0 Å². The molecule has 0 radical (unpaired) electrons. The van der Waals surface area contributed by atoms with Gasteiger partial charge in [0.1, 0.15) is 0 Å². The highest BCUT2D eigenvalue weighted by atomic mass is 79.9. The lowest BCUT2D eigenvalue weighted by Crippen LogP contribution is -1.72. The third-order valence-electron chi connectivity index (χ3n) is 1.05. The first-order chi connectivity index (χ1) is 4.31. The Morgan fingerprint density at radius 3 is 2.67 bits per heavy atom. The molecule has 2 heteroatoms. The van der Waals surface area contributed by atoms with Crippen LogP contribution in [0.1, 0.15) is 26.2 Å². The van der Waals surface area contributed by atoms with Crippen molar-refractivity contribution in [1.29, 1.82) is 0 Å². The van der Waals surface area contributed by atoms with Gasteiger partial charge >= 0.3 is 0 Å². The molecule has 0 amide bonds. The molecule has 0 aliphatic heterocycles. The number of hydrogen-bond acceptors (Lipinski definition) is 0. The van der Waals surface area contributed by atoms with Gasteiger partial charge in [0, 0.05) is 9.81 Å². The van der Waals surface area contributed by atoms with Gasteiger partial charge < -0.3 is 0 Å². The highest BCUT2D eigenvalue weighted by Gasteiger charge is 1.85. The van der Waals surface area contributed by atoms with Crippen LogP contribution in [0.25, 0.3) is 0 Å². The first-order valence-electron chi connectivity index (χ1n) is 3.21. The number of allylic oxidation sites excluding steroid dienone is 2. The summed E-state index contributed by atoms with van der Waals surface area (Å²) in [6.45, 7) is 2.20. The van der Waals surface area contributed by atoms with E-state index in [1.807, 2.05) is 0 Å². The number of halogens is 2. The first-order valence-corrected chi connectivity index (χ1v) is 5.13. The molecule has 0 saturated heterocycles. The molecule has 54 valence electrons. The van der Waals surface area contributed by atoms with Crippen LogP contribution in [0.4, 0.5) is 0 Å².